The Morgan fingerprint density at radius 1 is 1.14 bits per heavy atom. The molecule has 0 saturated carbocycles. The number of carboxylic acids is 1. The summed E-state index contributed by atoms with van der Waals surface area (Å²) < 4.78 is 16.3. The minimum Gasteiger partial charge on any atom is -0.493 e. The second-order valence-corrected chi connectivity index (χ2v) is 7.95. The van der Waals surface area contributed by atoms with Crippen LogP contribution in [0.4, 0.5) is 5.69 Å². The molecule has 178 valence electrons. The van der Waals surface area contributed by atoms with Crippen molar-refractivity contribution in [2.45, 2.75) is 13.5 Å². The molecule has 2 N–H and O–H groups in total. The van der Waals surface area contributed by atoms with Crippen molar-refractivity contribution in [1.82, 2.24) is 5.32 Å². The standard InChI is InChI=1S/C25H20N2O7S/c1-14-4-3-5-16(10-14)27-23(29)18(22(28)26-25(27)35)11-15-6-8-19(21(12-15)32-2)33-13-17-7-9-20(34-17)24(30)31/h3-12H,13H2,1-2H3,(H,30,31)(H,26,28,35). The maximum absolute atomic E-state index is 13.2. The average molecular weight is 493 g/mol. The predicted molar refractivity (Wildman–Crippen MR) is 130 cm³/mol. The van der Waals surface area contributed by atoms with Crippen LogP contribution in [0.2, 0.25) is 0 Å². The lowest BCUT2D eigenvalue weighted by Crippen LogP contribution is -2.54. The lowest BCUT2D eigenvalue weighted by Gasteiger charge is -2.29. The average Bonchev–Trinajstić information content (AvgIpc) is 3.30. The Hall–Kier alpha value is -4.44. The predicted octanol–water partition coefficient (Wildman–Crippen LogP) is 3.71. The number of aromatic carboxylic acids is 1. The van der Waals surface area contributed by atoms with Crippen LogP contribution in [-0.2, 0) is 16.2 Å². The van der Waals surface area contributed by atoms with Crippen LogP contribution >= 0.6 is 12.2 Å². The number of anilines is 1. The minimum atomic E-state index is -1.17. The number of carbonyl (C=O) groups excluding carboxylic acids is 2. The fourth-order valence-corrected chi connectivity index (χ4v) is 3.72. The number of nitrogens with one attached hydrogen (secondary N) is 1. The molecule has 0 bridgehead atoms. The van der Waals surface area contributed by atoms with E-state index in [1.165, 1.54) is 30.2 Å². The monoisotopic (exact) mass is 492 g/mol. The maximum Gasteiger partial charge on any atom is 0.371 e. The Balaban J connectivity index is 1.57. The van der Waals surface area contributed by atoms with Crippen molar-refractivity contribution in [2.24, 2.45) is 0 Å². The van der Waals surface area contributed by atoms with Gasteiger partial charge in [0.25, 0.3) is 11.8 Å². The van der Waals surface area contributed by atoms with E-state index in [0.29, 0.717) is 28.5 Å². The first-order valence-corrected chi connectivity index (χ1v) is 10.8. The van der Waals surface area contributed by atoms with Crippen LogP contribution < -0.4 is 19.7 Å². The van der Waals surface area contributed by atoms with Gasteiger partial charge >= 0.3 is 5.97 Å². The number of nitrogens with zero attached hydrogens (tertiary/aromatic N) is 1. The number of aryl methyl sites for hydroxylation is 1. The molecule has 1 aliphatic rings. The van der Waals surface area contributed by atoms with Gasteiger partial charge in [0.2, 0.25) is 5.76 Å². The molecule has 0 spiro atoms. The Labute approximate surface area is 205 Å². The molecule has 4 rings (SSSR count). The smallest absolute Gasteiger partial charge is 0.371 e. The highest BCUT2D eigenvalue weighted by Crippen LogP contribution is 2.31. The molecule has 2 aromatic carbocycles. The fraction of sp³-hybridized carbons (Fsp3) is 0.120. The van der Waals surface area contributed by atoms with E-state index in [4.69, 9.17) is 31.2 Å². The second-order valence-electron chi connectivity index (χ2n) is 7.57. The van der Waals surface area contributed by atoms with Gasteiger partial charge in [-0.1, -0.05) is 18.2 Å². The Morgan fingerprint density at radius 2 is 1.94 bits per heavy atom. The summed E-state index contributed by atoms with van der Waals surface area (Å²) in [6, 6.07) is 14.9. The topological polar surface area (TPSA) is 118 Å². The first-order chi connectivity index (χ1) is 16.8. The van der Waals surface area contributed by atoms with Gasteiger partial charge in [-0.25, -0.2) is 4.79 Å². The van der Waals surface area contributed by atoms with E-state index in [2.05, 4.69) is 5.32 Å². The SMILES string of the molecule is COc1cc(C=C2C(=O)NC(=S)N(c3cccc(C)c3)C2=O)ccc1OCc1ccc(C(=O)O)o1. The molecular weight excluding hydrogens is 472 g/mol. The summed E-state index contributed by atoms with van der Waals surface area (Å²) >= 11 is 5.24. The molecule has 0 radical (unpaired) electrons. The van der Waals surface area contributed by atoms with Crippen LogP contribution in [0, 0.1) is 6.92 Å². The molecule has 9 nitrogen and oxygen atoms in total. The number of furan rings is 1. The van der Waals surface area contributed by atoms with Gasteiger partial charge in [-0.2, -0.15) is 0 Å². The fourth-order valence-electron chi connectivity index (χ4n) is 3.44. The number of benzene rings is 2. The van der Waals surface area contributed by atoms with Crippen LogP contribution in [0.3, 0.4) is 0 Å². The molecule has 2 heterocycles. The number of hydrogen-bond acceptors (Lipinski definition) is 7. The second kappa shape index (κ2) is 9.82. The molecule has 1 saturated heterocycles. The van der Waals surface area contributed by atoms with Gasteiger partial charge in [0.05, 0.1) is 12.8 Å². The molecule has 1 aromatic heterocycles. The summed E-state index contributed by atoms with van der Waals surface area (Å²) in [6.07, 6.45) is 1.44. The van der Waals surface area contributed by atoms with Gasteiger partial charge in [0.15, 0.2) is 16.6 Å². The molecule has 1 fully saturated rings. The lowest BCUT2D eigenvalue weighted by atomic mass is 10.1. The normalized spacial score (nSPS) is 14.7. The molecule has 0 atom stereocenters. The number of thiocarbonyl (C=S) groups is 1. The van der Waals surface area contributed by atoms with Crippen LogP contribution in [-0.4, -0.2) is 35.1 Å². The number of carbonyl (C=O) groups is 3. The van der Waals surface area contributed by atoms with Gasteiger partial charge in [0, 0.05) is 0 Å². The van der Waals surface area contributed by atoms with E-state index in [0.717, 1.165) is 5.56 Å². The summed E-state index contributed by atoms with van der Waals surface area (Å²) in [7, 11) is 1.45. The summed E-state index contributed by atoms with van der Waals surface area (Å²) in [5, 5.41) is 11.5. The van der Waals surface area contributed by atoms with Crippen LogP contribution in [0.1, 0.15) is 27.4 Å². The maximum atomic E-state index is 13.2. The van der Waals surface area contributed by atoms with E-state index in [-0.39, 0.29) is 23.1 Å². The summed E-state index contributed by atoms with van der Waals surface area (Å²) in [5.74, 6) is -1.47. The van der Waals surface area contributed by atoms with E-state index in [1.807, 2.05) is 13.0 Å². The summed E-state index contributed by atoms with van der Waals surface area (Å²) in [4.78, 5) is 38.0. The highest BCUT2D eigenvalue weighted by molar-refractivity contribution is 7.80. The van der Waals surface area contributed by atoms with Gasteiger partial charge in [-0.15, -0.1) is 0 Å². The van der Waals surface area contributed by atoms with E-state index >= 15 is 0 Å². The van der Waals surface area contributed by atoms with Crippen LogP contribution in [0.25, 0.3) is 6.08 Å². The number of amides is 2. The van der Waals surface area contributed by atoms with E-state index in [9.17, 15) is 14.4 Å². The van der Waals surface area contributed by atoms with Gasteiger partial charge < -0.3 is 19.0 Å². The van der Waals surface area contributed by atoms with Crippen LogP contribution in [0.5, 0.6) is 11.5 Å². The van der Waals surface area contributed by atoms with Crippen molar-refractivity contribution in [1.29, 1.82) is 0 Å². The summed E-state index contributed by atoms with van der Waals surface area (Å²) in [5.41, 5.74) is 1.93. The molecule has 3 aromatic rings. The van der Waals surface area contributed by atoms with Crippen molar-refractivity contribution in [3.8, 4) is 11.5 Å². The number of rotatable bonds is 7. The van der Waals surface area contributed by atoms with E-state index < -0.39 is 17.8 Å². The van der Waals surface area contributed by atoms with Crippen LogP contribution in [0.15, 0.2) is 64.6 Å². The van der Waals surface area contributed by atoms with Crippen molar-refractivity contribution >= 4 is 46.9 Å². The zero-order valence-electron chi connectivity index (χ0n) is 18.7. The lowest BCUT2D eigenvalue weighted by molar-refractivity contribution is -0.122. The Kier molecular flexibility index (Phi) is 6.65. The first-order valence-electron chi connectivity index (χ1n) is 10.4. The number of carboxylic acid groups (broad SMARTS) is 1. The molecule has 10 heteroatoms. The largest absolute Gasteiger partial charge is 0.493 e. The molecule has 1 aliphatic heterocycles. The third-order valence-corrected chi connectivity index (χ3v) is 5.39. The third-order valence-electron chi connectivity index (χ3n) is 5.10. The van der Waals surface area contributed by atoms with Crippen molar-refractivity contribution < 1.29 is 33.4 Å². The molecule has 2 amide bonds. The third kappa shape index (κ3) is 5.07. The number of hydrogen-bond donors (Lipinski definition) is 2. The van der Waals surface area contributed by atoms with Crippen molar-refractivity contribution in [3.63, 3.8) is 0 Å². The van der Waals surface area contributed by atoms with Gasteiger partial charge in [0.1, 0.15) is 17.9 Å². The Morgan fingerprint density at radius 3 is 2.63 bits per heavy atom. The highest BCUT2D eigenvalue weighted by Gasteiger charge is 2.34. The zero-order chi connectivity index (χ0) is 25.1. The molecule has 0 unspecified atom stereocenters. The minimum absolute atomic E-state index is 0.00746. The van der Waals surface area contributed by atoms with E-state index in [1.54, 1.807) is 36.4 Å². The molecule has 0 aliphatic carbocycles. The number of methoxy groups -OCH3 is 1. The highest BCUT2D eigenvalue weighted by atomic mass is 32.1. The quantitative estimate of drug-likeness (QED) is 0.291. The molecular formula is C25H20N2O7S. The Bertz CT molecular complexity index is 1380. The van der Waals surface area contributed by atoms with Gasteiger partial charge in [-0.05, 0) is 72.7 Å². The van der Waals surface area contributed by atoms with Crippen molar-refractivity contribution in [3.05, 3.63) is 82.8 Å². The first kappa shape index (κ1) is 23.7. The molecule has 35 heavy (non-hydrogen) atoms. The number of ether oxygens (including phenoxy) is 2. The van der Waals surface area contributed by atoms with Gasteiger partial charge in [-0.3, -0.25) is 19.8 Å². The zero-order valence-corrected chi connectivity index (χ0v) is 19.5. The van der Waals surface area contributed by atoms with Crippen molar-refractivity contribution in [2.75, 3.05) is 12.0 Å². The summed E-state index contributed by atoms with van der Waals surface area (Å²) in [6.45, 7) is 1.87.